The minimum absolute atomic E-state index is 0.302. The highest BCUT2D eigenvalue weighted by Crippen LogP contribution is 2.30. The Balaban J connectivity index is 1.40. The normalized spacial score (nSPS) is 15.4. The summed E-state index contributed by atoms with van der Waals surface area (Å²) in [6.07, 6.45) is 3.92. The largest absolute Gasteiger partial charge is 0.481 e. The fraction of sp³-hybridized carbons (Fsp3) is 0.154. The molecule has 1 fully saturated rings. The number of anilines is 1. The van der Waals surface area contributed by atoms with Crippen LogP contribution >= 0.6 is 0 Å². The van der Waals surface area contributed by atoms with E-state index in [0.717, 1.165) is 28.9 Å². The molecule has 0 aliphatic carbocycles. The first-order valence-corrected chi connectivity index (χ1v) is 11.0. The van der Waals surface area contributed by atoms with Crippen molar-refractivity contribution in [1.29, 1.82) is 0 Å². The first-order valence-electron chi connectivity index (χ1n) is 11.0. The Kier molecular flexibility index (Phi) is 5.65. The molecule has 1 unspecified atom stereocenters. The van der Waals surface area contributed by atoms with Gasteiger partial charge in [0.1, 0.15) is 0 Å². The zero-order chi connectivity index (χ0) is 23.7. The topological polar surface area (TPSA) is 121 Å². The molecule has 1 atom stereocenters. The third kappa shape index (κ3) is 4.06. The van der Waals surface area contributed by atoms with Crippen molar-refractivity contribution in [1.82, 2.24) is 15.4 Å². The molecule has 1 aliphatic rings. The number of amides is 1. The molecule has 2 aromatic heterocycles. The number of carboxylic acid groups (broad SMARTS) is 1. The minimum atomic E-state index is -0.729. The van der Waals surface area contributed by atoms with Crippen LogP contribution < -0.4 is 16.2 Å². The number of carbonyl (C=O) groups is 2. The molecular formula is C26H23N5O3. The molecule has 1 aliphatic heterocycles. The number of benzene rings is 2. The second-order valence-corrected chi connectivity index (χ2v) is 8.32. The second-order valence-electron chi connectivity index (χ2n) is 8.32. The van der Waals surface area contributed by atoms with E-state index >= 15 is 0 Å². The number of carbonyl (C=O) groups excluding carboxylic acids is 1. The molecule has 0 spiro atoms. The third-order valence-electron chi connectivity index (χ3n) is 6.27. The lowest BCUT2D eigenvalue weighted by Gasteiger charge is -2.18. The van der Waals surface area contributed by atoms with Crippen LogP contribution in [0, 0.1) is 5.92 Å². The number of aromatic nitrogens is 2. The fourth-order valence-electron chi connectivity index (χ4n) is 4.38. The molecule has 1 amide bonds. The van der Waals surface area contributed by atoms with E-state index in [4.69, 9.17) is 10.8 Å². The number of nitrogens with zero attached hydrogens (tertiary/aromatic N) is 3. The van der Waals surface area contributed by atoms with Crippen LogP contribution in [0.4, 0.5) is 5.69 Å². The second kappa shape index (κ2) is 8.92. The minimum Gasteiger partial charge on any atom is -0.481 e. The summed E-state index contributed by atoms with van der Waals surface area (Å²) in [4.78, 5) is 34.4. The van der Waals surface area contributed by atoms with Crippen molar-refractivity contribution in [2.75, 3.05) is 18.0 Å². The summed E-state index contributed by atoms with van der Waals surface area (Å²) < 4.78 is 0. The summed E-state index contributed by atoms with van der Waals surface area (Å²) in [6.45, 7) is 1.30. The molecule has 4 N–H and O–H groups in total. The van der Waals surface area contributed by atoms with Crippen LogP contribution in [0.15, 0.2) is 73.1 Å². The number of fused-ring (bicyclic) bond motifs is 1. The van der Waals surface area contributed by atoms with Crippen molar-refractivity contribution in [3.8, 4) is 22.4 Å². The van der Waals surface area contributed by atoms with Crippen LogP contribution in [0.3, 0.4) is 0 Å². The first-order chi connectivity index (χ1) is 16.5. The van der Waals surface area contributed by atoms with Gasteiger partial charge in [-0.05, 0) is 41.8 Å². The molecule has 0 radical (unpaired) electrons. The average Bonchev–Trinajstić information content (AvgIpc) is 3.39. The smallest absolute Gasteiger partial charge is 0.308 e. The molecule has 5 rings (SSSR count). The molecule has 2 aromatic carbocycles. The summed E-state index contributed by atoms with van der Waals surface area (Å²) in [5.41, 5.74) is 7.95. The average molecular weight is 454 g/mol. The molecule has 34 heavy (non-hydrogen) atoms. The molecule has 8 heteroatoms. The number of carboxylic acids is 1. The van der Waals surface area contributed by atoms with Crippen LogP contribution in [0.25, 0.3) is 33.3 Å². The van der Waals surface area contributed by atoms with Gasteiger partial charge in [0.25, 0.3) is 5.91 Å². The lowest BCUT2D eigenvalue weighted by molar-refractivity contribution is -0.140. The zero-order valence-corrected chi connectivity index (χ0v) is 18.3. The van der Waals surface area contributed by atoms with E-state index in [1.807, 2.05) is 48.5 Å². The van der Waals surface area contributed by atoms with Gasteiger partial charge in [0.05, 0.1) is 22.7 Å². The number of hydrazine groups is 1. The van der Waals surface area contributed by atoms with Crippen LogP contribution in [0.1, 0.15) is 16.8 Å². The monoisotopic (exact) mass is 453 g/mol. The maximum absolute atomic E-state index is 12.3. The summed E-state index contributed by atoms with van der Waals surface area (Å²) in [7, 11) is 0. The molecule has 1 saturated heterocycles. The SMILES string of the molecule is NNC(=O)c1cc(-c2ccc(-c3ccc(N4CCC(C(=O)O)C4)cc3)cc2)nc2ccncc12. The number of pyridine rings is 2. The highest BCUT2D eigenvalue weighted by atomic mass is 16.4. The van der Waals surface area contributed by atoms with Crippen LogP contribution in [-0.2, 0) is 4.79 Å². The van der Waals surface area contributed by atoms with Gasteiger partial charge in [0.2, 0.25) is 0 Å². The lowest BCUT2D eigenvalue weighted by Crippen LogP contribution is -2.30. The van der Waals surface area contributed by atoms with Gasteiger partial charge in [0, 0.05) is 42.1 Å². The van der Waals surface area contributed by atoms with E-state index in [1.165, 1.54) is 0 Å². The number of nitrogen functional groups attached to an aromatic ring is 1. The van der Waals surface area contributed by atoms with E-state index in [2.05, 4.69) is 15.3 Å². The Morgan fingerprint density at radius 3 is 2.32 bits per heavy atom. The van der Waals surface area contributed by atoms with Crippen molar-refractivity contribution in [3.63, 3.8) is 0 Å². The Hall–Kier alpha value is -4.30. The summed E-state index contributed by atoms with van der Waals surface area (Å²) in [5, 5.41) is 9.86. The number of nitrogens with two attached hydrogens (primary N) is 1. The molecule has 4 aromatic rings. The molecule has 170 valence electrons. The third-order valence-corrected chi connectivity index (χ3v) is 6.27. The number of nitrogens with one attached hydrogen (secondary N) is 1. The van der Waals surface area contributed by atoms with Crippen LogP contribution in [0.5, 0.6) is 0 Å². The van der Waals surface area contributed by atoms with Crippen LogP contribution in [0.2, 0.25) is 0 Å². The van der Waals surface area contributed by atoms with Gasteiger partial charge in [-0.25, -0.2) is 10.8 Å². The van der Waals surface area contributed by atoms with Crippen molar-refractivity contribution in [3.05, 3.63) is 78.6 Å². The predicted molar refractivity (Wildman–Crippen MR) is 130 cm³/mol. The highest BCUT2D eigenvalue weighted by Gasteiger charge is 2.28. The summed E-state index contributed by atoms with van der Waals surface area (Å²) in [6, 6.07) is 19.6. The quantitative estimate of drug-likeness (QED) is 0.240. The van der Waals surface area contributed by atoms with Gasteiger partial charge in [-0.3, -0.25) is 20.0 Å². The summed E-state index contributed by atoms with van der Waals surface area (Å²) in [5.74, 6) is 3.94. The highest BCUT2D eigenvalue weighted by molar-refractivity contribution is 6.06. The predicted octanol–water partition coefficient (Wildman–Crippen LogP) is 3.48. The van der Waals surface area contributed by atoms with Gasteiger partial charge in [-0.1, -0.05) is 36.4 Å². The van der Waals surface area contributed by atoms with E-state index in [9.17, 15) is 14.7 Å². The maximum Gasteiger partial charge on any atom is 0.308 e. The molecule has 0 saturated carbocycles. The number of rotatable bonds is 5. The Labute approximate surface area is 196 Å². The summed E-state index contributed by atoms with van der Waals surface area (Å²) >= 11 is 0. The lowest BCUT2D eigenvalue weighted by atomic mass is 10.0. The van der Waals surface area contributed by atoms with Crippen molar-refractivity contribution < 1.29 is 14.7 Å². The first kappa shape index (κ1) is 21.5. The number of aliphatic carboxylic acids is 1. The Bertz CT molecular complexity index is 1370. The van der Waals surface area contributed by atoms with E-state index < -0.39 is 11.9 Å². The standard InChI is InChI=1S/C26H23N5O3/c27-30-25(32)21-13-24(29-23-9-11-28-14-22(21)23)18-3-1-16(2-4-18)17-5-7-20(8-6-17)31-12-10-19(15-31)26(33)34/h1-9,11,13-14,19H,10,12,15,27H2,(H,30,32)(H,33,34). The van der Waals surface area contributed by atoms with Gasteiger partial charge in [0.15, 0.2) is 0 Å². The van der Waals surface area contributed by atoms with E-state index in [0.29, 0.717) is 35.1 Å². The van der Waals surface area contributed by atoms with E-state index in [-0.39, 0.29) is 5.92 Å². The Morgan fingerprint density at radius 1 is 1.00 bits per heavy atom. The van der Waals surface area contributed by atoms with Gasteiger partial charge in [-0.15, -0.1) is 0 Å². The van der Waals surface area contributed by atoms with Gasteiger partial charge >= 0.3 is 5.97 Å². The van der Waals surface area contributed by atoms with Crippen LogP contribution in [-0.4, -0.2) is 40.0 Å². The number of hydrogen-bond donors (Lipinski definition) is 3. The Morgan fingerprint density at radius 2 is 1.68 bits per heavy atom. The molecular weight excluding hydrogens is 430 g/mol. The van der Waals surface area contributed by atoms with Crippen molar-refractivity contribution in [2.45, 2.75) is 6.42 Å². The van der Waals surface area contributed by atoms with E-state index in [1.54, 1.807) is 24.5 Å². The molecule has 3 heterocycles. The number of hydrogen-bond acceptors (Lipinski definition) is 6. The zero-order valence-electron chi connectivity index (χ0n) is 18.3. The van der Waals surface area contributed by atoms with Crippen molar-refractivity contribution >= 4 is 28.5 Å². The maximum atomic E-state index is 12.3. The molecule has 0 bridgehead atoms. The fourth-order valence-corrected chi connectivity index (χ4v) is 4.38. The van der Waals surface area contributed by atoms with Gasteiger partial charge < -0.3 is 10.0 Å². The van der Waals surface area contributed by atoms with Crippen molar-refractivity contribution in [2.24, 2.45) is 11.8 Å². The molecule has 8 nitrogen and oxygen atoms in total. The van der Waals surface area contributed by atoms with Gasteiger partial charge in [-0.2, -0.15) is 0 Å².